The molecule has 0 radical (unpaired) electrons. The van der Waals surface area contributed by atoms with Gasteiger partial charge in [-0.15, -0.1) is 0 Å². The summed E-state index contributed by atoms with van der Waals surface area (Å²) in [6.45, 7) is 3.58. The van der Waals surface area contributed by atoms with Gasteiger partial charge < -0.3 is 10.2 Å². The van der Waals surface area contributed by atoms with Crippen LogP contribution in [0.15, 0.2) is 10.2 Å². The number of hydrogen-bond donors (Lipinski definition) is 2. The highest BCUT2D eigenvalue weighted by atomic mass is 16.4. The fraction of sp³-hybridized carbons (Fsp3) is 0.800. The highest BCUT2D eigenvalue weighted by molar-refractivity contribution is 5.66. The lowest BCUT2D eigenvalue weighted by molar-refractivity contribution is -0.138. The van der Waals surface area contributed by atoms with E-state index in [4.69, 9.17) is 10.2 Å². The molecule has 92 valence electrons. The minimum Gasteiger partial charge on any atom is -0.481 e. The van der Waals surface area contributed by atoms with Gasteiger partial charge in [-0.3, -0.25) is 9.59 Å². The van der Waals surface area contributed by atoms with Crippen molar-refractivity contribution in [3.63, 3.8) is 0 Å². The van der Waals surface area contributed by atoms with E-state index in [1.54, 1.807) is 13.8 Å². The summed E-state index contributed by atoms with van der Waals surface area (Å²) < 4.78 is 0. The summed E-state index contributed by atoms with van der Waals surface area (Å²) in [6.07, 6.45) is 1.04. The molecule has 6 nitrogen and oxygen atoms in total. The molecule has 0 aromatic carbocycles. The Morgan fingerprint density at radius 2 is 1.25 bits per heavy atom. The molecule has 2 N–H and O–H groups in total. The minimum absolute atomic E-state index is 0.0731. The van der Waals surface area contributed by atoms with Gasteiger partial charge in [-0.2, -0.15) is 10.2 Å². The Morgan fingerprint density at radius 1 is 0.938 bits per heavy atom. The predicted molar refractivity (Wildman–Crippen MR) is 57.5 cm³/mol. The van der Waals surface area contributed by atoms with E-state index < -0.39 is 11.9 Å². The number of rotatable bonds is 8. The van der Waals surface area contributed by atoms with Crippen molar-refractivity contribution < 1.29 is 19.8 Å². The van der Waals surface area contributed by atoms with Crippen molar-refractivity contribution in [1.29, 1.82) is 0 Å². The van der Waals surface area contributed by atoms with Gasteiger partial charge in [0.1, 0.15) is 0 Å². The lowest BCUT2D eigenvalue weighted by Crippen LogP contribution is -2.06. The standard InChI is InChI=1S/C10H18N2O4/c1-7(3-5-9(13)14)11-12-8(2)4-6-10(15)16/h7-8H,3-6H2,1-2H3,(H,13,14)(H,15,16). The van der Waals surface area contributed by atoms with E-state index in [9.17, 15) is 9.59 Å². The van der Waals surface area contributed by atoms with Gasteiger partial charge in [0.15, 0.2) is 0 Å². The molecule has 0 saturated heterocycles. The first kappa shape index (κ1) is 14.5. The molecule has 6 heteroatoms. The molecule has 2 unspecified atom stereocenters. The molecule has 0 aromatic heterocycles. The molecule has 16 heavy (non-hydrogen) atoms. The number of carboxylic acid groups (broad SMARTS) is 2. The summed E-state index contributed by atoms with van der Waals surface area (Å²) in [7, 11) is 0. The molecule has 0 aliphatic heterocycles. The van der Waals surface area contributed by atoms with Gasteiger partial charge in [-0.05, 0) is 26.7 Å². The lowest BCUT2D eigenvalue weighted by atomic mass is 10.2. The number of hydrogen-bond acceptors (Lipinski definition) is 4. The molecule has 0 saturated carbocycles. The van der Waals surface area contributed by atoms with Crippen molar-refractivity contribution in [2.45, 2.75) is 51.6 Å². The smallest absolute Gasteiger partial charge is 0.303 e. The molecule has 2 atom stereocenters. The van der Waals surface area contributed by atoms with Crippen molar-refractivity contribution in [3.8, 4) is 0 Å². The number of carbonyl (C=O) groups is 2. The monoisotopic (exact) mass is 230 g/mol. The Hall–Kier alpha value is -1.46. The average Bonchev–Trinajstić information content (AvgIpc) is 2.20. The molecule has 0 spiro atoms. The van der Waals surface area contributed by atoms with E-state index in [1.807, 2.05) is 0 Å². The zero-order chi connectivity index (χ0) is 12.6. The third kappa shape index (κ3) is 9.11. The van der Waals surface area contributed by atoms with Crippen molar-refractivity contribution in [2.24, 2.45) is 10.2 Å². The van der Waals surface area contributed by atoms with Crippen LogP contribution in [-0.2, 0) is 9.59 Å². The average molecular weight is 230 g/mol. The summed E-state index contributed by atoms with van der Waals surface area (Å²) >= 11 is 0. The molecule has 0 aliphatic rings. The second-order valence-electron chi connectivity index (χ2n) is 3.79. The maximum atomic E-state index is 10.3. The molecular formula is C10H18N2O4. The van der Waals surface area contributed by atoms with Crippen molar-refractivity contribution in [2.75, 3.05) is 0 Å². The van der Waals surface area contributed by atoms with Gasteiger partial charge in [0.05, 0.1) is 12.1 Å². The minimum atomic E-state index is -0.846. The van der Waals surface area contributed by atoms with Crippen LogP contribution in [0.1, 0.15) is 39.5 Å². The summed E-state index contributed by atoms with van der Waals surface area (Å²) in [5.74, 6) is -1.69. The Bertz CT molecular complexity index is 240. The molecular weight excluding hydrogens is 212 g/mol. The summed E-state index contributed by atoms with van der Waals surface area (Å²) in [4.78, 5) is 20.6. The van der Waals surface area contributed by atoms with Gasteiger partial charge >= 0.3 is 11.9 Å². The van der Waals surface area contributed by atoms with Crippen LogP contribution >= 0.6 is 0 Å². The second kappa shape index (κ2) is 7.78. The number of aliphatic carboxylic acids is 2. The van der Waals surface area contributed by atoms with Crippen molar-refractivity contribution >= 4 is 11.9 Å². The molecule has 0 fully saturated rings. The zero-order valence-corrected chi connectivity index (χ0v) is 9.59. The molecule has 0 aromatic rings. The van der Waals surface area contributed by atoms with Crippen molar-refractivity contribution in [3.05, 3.63) is 0 Å². The van der Waals surface area contributed by atoms with Crippen LogP contribution in [0, 0.1) is 0 Å². The van der Waals surface area contributed by atoms with E-state index in [0.29, 0.717) is 12.8 Å². The third-order valence-electron chi connectivity index (χ3n) is 2.01. The maximum absolute atomic E-state index is 10.3. The number of carboxylic acids is 2. The first-order chi connectivity index (χ1) is 7.41. The van der Waals surface area contributed by atoms with Gasteiger partial charge in [0.25, 0.3) is 0 Å². The number of azo groups is 1. The van der Waals surface area contributed by atoms with Crippen LogP contribution in [0.2, 0.25) is 0 Å². The summed E-state index contributed by atoms with van der Waals surface area (Å²) in [6, 6.07) is -0.272. The second-order valence-corrected chi connectivity index (χ2v) is 3.79. The van der Waals surface area contributed by atoms with Crippen LogP contribution in [0.3, 0.4) is 0 Å². The molecule has 0 aliphatic carbocycles. The van der Waals surface area contributed by atoms with Crippen LogP contribution < -0.4 is 0 Å². The molecule has 0 bridgehead atoms. The van der Waals surface area contributed by atoms with E-state index in [-0.39, 0.29) is 24.9 Å². The largest absolute Gasteiger partial charge is 0.481 e. The van der Waals surface area contributed by atoms with Crippen LogP contribution in [-0.4, -0.2) is 34.2 Å². The Morgan fingerprint density at radius 3 is 1.50 bits per heavy atom. The quantitative estimate of drug-likeness (QED) is 0.622. The SMILES string of the molecule is CC(CCC(=O)O)N=NC(C)CCC(=O)O. The Labute approximate surface area is 94.4 Å². The summed E-state index contributed by atoms with van der Waals surface area (Å²) in [5.41, 5.74) is 0. The highest BCUT2D eigenvalue weighted by Gasteiger charge is 2.06. The fourth-order valence-electron chi connectivity index (χ4n) is 1.01. The summed E-state index contributed by atoms with van der Waals surface area (Å²) in [5, 5.41) is 24.8. The first-order valence-electron chi connectivity index (χ1n) is 5.25. The van der Waals surface area contributed by atoms with Crippen LogP contribution in [0.5, 0.6) is 0 Å². The topological polar surface area (TPSA) is 99.3 Å². The maximum Gasteiger partial charge on any atom is 0.303 e. The Kier molecular flexibility index (Phi) is 7.07. The molecule has 0 amide bonds. The van der Waals surface area contributed by atoms with Gasteiger partial charge in [-0.25, -0.2) is 0 Å². The first-order valence-corrected chi connectivity index (χ1v) is 5.25. The van der Waals surface area contributed by atoms with E-state index in [0.717, 1.165) is 0 Å². The van der Waals surface area contributed by atoms with Crippen molar-refractivity contribution in [1.82, 2.24) is 0 Å². The van der Waals surface area contributed by atoms with Crippen LogP contribution in [0.4, 0.5) is 0 Å². The number of nitrogens with zero attached hydrogens (tertiary/aromatic N) is 2. The Balaban J connectivity index is 3.78. The normalized spacial score (nSPS) is 14.9. The lowest BCUT2D eigenvalue weighted by Gasteiger charge is -2.05. The predicted octanol–water partition coefficient (Wildman–Crippen LogP) is 1.95. The van der Waals surface area contributed by atoms with E-state index in [2.05, 4.69) is 10.2 Å². The zero-order valence-electron chi connectivity index (χ0n) is 9.59. The van der Waals surface area contributed by atoms with E-state index in [1.165, 1.54) is 0 Å². The highest BCUT2D eigenvalue weighted by Crippen LogP contribution is 2.06. The fourth-order valence-corrected chi connectivity index (χ4v) is 1.01. The van der Waals surface area contributed by atoms with Gasteiger partial charge in [0, 0.05) is 12.8 Å². The van der Waals surface area contributed by atoms with Gasteiger partial charge in [-0.1, -0.05) is 0 Å². The third-order valence-corrected chi connectivity index (χ3v) is 2.01. The van der Waals surface area contributed by atoms with Crippen LogP contribution in [0.25, 0.3) is 0 Å². The van der Waals surface area contributed by atoms with Gasteiger partial charge in [0.2, 0.25) is 0 Å². The van der Waals surface area contributed by atoms with E-state index >= 15 is 0 Å². The molecule has 0 rings (SSSR count). The molecule has 0 heterocycles.